The van der Waals surface area contributed by atoms with Gasteiger partial charge in [0, 0.05) is 0 Å². The fourth-order valence-corrected chi connectivity index (χ4v) is 2.23. The summed E-state index contributed by atoms with van der Waals surface area (Å²) in [6.07, 6.45) is 0.346. The van der Waals surface area contributed by atoms with Crippen LogP contribution in [-0.2, 0) is 11.2 Å². The third kappa shape index (κ3) is 3.21. The summed E-state index contributed by atoms with van der Waals surface area (Å²) in [5.74, 6) is -0.0861. The van der Waals surface area contributed by atoms with E-state index in [1.165, 1.54) is 11.3 Å². The van der Waals surface area contributed by atoms with Gasteiger partial charge in [-0.25, -0.2) is 0 Å². The van der Waals surface area contributed by atoms with Crippen molar-refractivity contribution in [3.8, 4) is 0 Å². The summed E-state index contributed by atoms with van der Waals surface area (Å²) in [5, 5.41) is 9.71. The second kappa shape index (κ2) is 5.20. The van der Waals surface area contributed by atoms with E-state index in [1.54, 1.807) is 0 Å². The third-order valence-corrected chi connectivity index (χ3v) is 3.30. The highest BCUT2D eigenvalue weighted by Crippen LogP contribution is 2.12. The Hall–Kier alpha value is -1.53. The van der Waals surface area contributed by atoms with Gasteiger partial charge in [-0.05, 0) is 30.3 Å². The number of benzene rings is 1. The van der Waals surface area contributed by atoms with Gasteiger partial charge in [-0.1, -0.05) is 35.6 Å². The smallest absolute Gasteiger partial charge is 0.230 e. The highest BCUT2D eigenvalue weighted by molar-refractivity contribution is 7.73. The van der Waals surface area contributed by atoms with Crippen molar-refractivity contribution in [3.63, 3.8) is 0 Å². The van der Waals surface area contributed by atoms with Crippen LogP contribution in [0.15, 0.2) is 24.3 Å². The zero-order valence-electron chi connectivity index (χ0n) is 9.19. The number of amides is 1. The first kappa shape index (κ1) is 11.9. The van der Waals surface area contributed by atoms with E-state index in [1.807, 2.05) is 31.2 Å². The molecule has 0 unspecified atom stereocenters. The van der Waals surface area contributed by atoms with Crippen molar-refractivity contribution in [3.05, 3.63) is 39.3 Å². The Morgan fingerprint density at radius 2 is 2.29 bits per heavy atom. The minimum absolute atomic E-state index is 0.0861. The Bertz CT molecular complexity index is 588. The lowest BCUT2D eigenvalue weighted by atomic mass is 10.1. The van der Waals surface area contributed by atoms with Crippen LogP contribution in [-0.4, -0.2) is 16.1 Å². The number of carbonyl (C=O) groups excluding carboxylic acids is 1. The standard InChI is InChI=1S/C11H11N3OS2/c1-7-4-2-3-5-8(7)6-9(15)12-10-13-14-11(16)17-10/h2-5H,6H2,1H3,(H,14,16)(H,12,13,15). The molecule has 0 atom stereocenters. The molecule has 0 bridgehead atoms. The highest BCUT2D eigenvalue weighted by atomic mass is 32.1. The van der Waals surface area contributed by atoms with Crippen molar-refractivity contribution in [2.75, 3.05) is 5.32 Å². The molecule has 0 fully saturated rings. The van der Waals surface area contributed by atoms with Crippen LogP contribution in [0.25, 0.3) is 0 Å². The number of aromatic nitrogens is 2. The van der Waals surface area contributed by atoms with Gasteiger partial charge in [0.15, 0.2) is 3.95 Å². The van der Waals surface area contributed by atoms with Crippen LogP contribution in [0.3, 0.4) is 0 Å². The van der Waals surface area contributed by atoms with Crippen LogP contribution in [0, 0.1) is 10.9 Å². The molecule has 2 aromatic rings. The monoisotopic (exact) mass is 265 g/mol. The molecule has 0 radical (unpaired) electrons. The normalized spacial score (nSPS) is 10.2. The van der Waals surface area contributed by atoms with Crippen LogP contribution < -0.4 is 5.32 Å². The lowest BCUT2D eigenvalue weighted by molar-refractivity contribution is -0.115. The van der Waals surface area contributed by atoms with Crippen molar-refractivity contribution in [1.82, 2.24) is 10.2 Å². The van der Waals surface area contributed by atoms with E-state index >= 15 is 0 Å². The van der Waals surface area contributed by atoms with Crippen LogP contribution in [0.4, 0.5) is 5.13 Å². The number of carbonyl (C=O) groups is 1. The first-order chi connectivity index (χ1) is 8.15. The zero-order valence-corrected chi connectivity index (χ0v) is 10.8. The summed E-state index contributed by atoms with van der Waals surface area (Å²) in [7, 11) is 0. The Morgan fingerprint density at radius 1 is 1.53 bits per heavy atom. The Morgan fingerprint density at radius 3 is 2.94 bits per heavy atom. The van der Waals surface area contributed by atoms with E-state index in [9.17, 15) is 4.79 Å². The second-order valence-electron chi connectivity index (χ2n) is 3.57. The van der Waals surface area contributed by atoms with Gasteiger partial charge < -0.3 is 5.32 Å². The molecule has 6 heteroatoms. The van der Waals surface area contributed by atoms with Gasteiger partial charge in [0.25, 0.3) is 0 Å². The predicted molar refractivity (Wildman–Crippen MR) is 70.8 cm³/mol. The quantitative estimate of drug-likeness (QED) is 0.839. The first-order valence-corrected chi connectivity index (χ1v) is 6.27. The molecule has 88 valence electrons. The molecule has 0 aliphatic carbocycles. The van der Waals surface area contributed by atoms with Gasteiger partial charge in [0.05, 0.1) is 6.42 Å². The molecular weight excluding hydrogens is 254 g/mol. The molecule has 0 aliphatic heterocycles. The molecule has 1 amide bonds. The molecule has 0 saturated heterocycles. The Kier molecular flexibility index (Phi) is 3.65. The van der Waals surface area contributed by atoms with Gasteiger partial charge in [-0.2, -0.15) is 0 Å². The molecule has 2 N–H and O–H groups in total. The summed E-state index contributed by atoms with van der Waals surface area (Å²) < 4.78 is 0.552. The fraction of sp³-hybridized carbons (Fsp3) is 0.182. The first-order valence-electron chi connectivity index (χ1n) is 5.05. The molecule has 1 aromatic heterocycles. The molecule has 17 heavy (non-hydrogen) atoms. The topological polar surface area (TPSA) is 57.8 Å². The summed E-state index contributed by atoms with van der Waals surface area (Å²) >= 11 is 6.13. The van der Waals surface area contributed by atoms with E-state index in [0.717, 1.165) is 11.1 Å². The molecule has 4 nitrogen and oxygen atoms in total. The van der Waals surface area contributed by atoms with Gasteiger partial charge in [0.2, 0.25) is 11.0 Å². The number of nitrogens with one attached hydrogen (secondary N) is 2. The Labute approximate surface area is 108 Å². The van der Waals surface area contributed by atoms with Gasteiger partial charge in [-0.3, -0.25) is 9.89 Å². The third-order valence-electron chi connectivity index (χ3n) is 2.30. The van der Waals surface area contributed by atoms with Crippen LogP contribution in [0.1, 0.15) is 11.1 Å². The van der Waals surface area contributed by atoms with E-state index in [4.69, 9.17) is 12.2 Å². The van der Waals surface area contributed by atoms with E-state index in [2.05, 4.69) is 15.5 Å². The predicted octanol–water partition coefficient (Wildman–Crippen LogP) is 2.69. The SMILES string of the molecule is Cc1ccccc1CC(=O)Nc1n[nH]c(=S)s1. The number of hydrogen-bond donors (Lipinski definition) is 2. The van der Waals surface area contributed by atoms with E-state index in [-0.39, 0.29) is 5.91 Å². The average molecular weight is 265 g/mol. The number of aromatic amines is 1. The van der Waals surface area contributed by atoms with Crippen molar-refractivity contribution < 1.29 is 4.79 Å². The number of hydrogen-bond acceptors (Lipinski definition) is 4. The van der Waals surface area contributed by atoms with E-state index in [0.29, 0.717) is 15.5 Å². The highest BCUT2D eigenvalue weighted by Gasteiger charge is 2.07. The minimum atomic E-state index is -0.0861. The lowest BCUT2D eigenvalue weighted by Gasteiger charge is -2.04. The summed E-state index contributed by atoms with van der Waals surface area (Å²) in [6.45, 7) is 1.99. The minimum Gasteiger partial charge on any atom is -0.300 e. The molecule has 1 aromatic carbocycles. The number of anilines is 1. The summed E-state index contributed by atoms with van der Waals surface area (Å²) in [6, 6.07) is 7.81. The second-order valence-corrected chi connectivity index (χ2v) is 5.24. The maximum absolute atomic E-state index is 11.8. The maximum atomic E-state index is 11.8. The van der Waals surface area contributed by atoms with Gasteiger partial charge >= 0.3 is 0 Å². The average Bonchev–Trinajstić information content (AvgIpc) is 2.67. The van der Waals surface area contributed by atoms with Crippen LogP contribution in [0.5, 0.6) is 0 Å². The Balaban J connectivity index is 2.03. The summed E-state index contributed by atoms with van der Waals surface area (Å²) in [5.41, 5.74) is 2.13. The molecule has 0 spiro atoms. The van der Waals surface area contributed by atoms with Crippen molar-refractivity contribution in [2.45, 2.75) is 13.3 Å². The van der Waals surface area contributed by atoms with Gasteiger partial charge in [-0.15, -0.1) is 5.10 Å². The largest absolute Gasteiger partial charge is 0.300 e. The number of rotatable bonds is 3. The van der Waals surface area contributed by atoms with Gasteiger partial charge in [0.1, 0.15) is 0 Å². The fourth-order valence-electron chi connectivity index (χ4n) is 1.43. The maximum Gasteiger partial charge on any atom is 0.230 e. The van der Waals surface area contributed by atoms with Crippen LogP contribution >= 0.6 is 23.6 Å². The summed E-state index contributed by atoms with van der Waals surface area (Å²) in [4.78, 5) is 11.8. The number of aryl methyl sites for hydroxylation is 1. The van der Waals surface area contributed by atoms with Crippen molar-refractivity contribution in [2.24, 2.45) is 0 Å². The van der Waals surface area contributed by atoms with E-state index < -0.39 is 0 Å². The molecule has 0 aliphatic rings. The van der Waals surface area contributed by atoms with Crippen LogP contribution in [0.2, 0.25) is 0 Å². The van der Waals surface area contributed by atoms with Crippen molar-refractivity contribution >= 4 is 34.6 Å². The zero-order chi connectivity index (χ0) is 12.3. The van der Waals surface area contributed by atoms with Crippen molar-refractivity contribution in [1.29, 1.82) is 0 Å². The molecule has 2 rings (SSSR count). The molecule has 1 heterocycles. The number of H-pyrrole nitrogens is 1. The molecule has 0 saturated carbocycles. The number of nitrogens with zero attached hydrogens (tertiary/aromatic N) is 1. The lowest BCUT2D eigenvalue weighted by Crippen LogP contribution is -2.14. The molecular formula is C11H11N3OS2.